The molecule has 2 aromatic rings. The van der Waals surface area contributed by atoms with Crippen LogP contribution in [0, 0.1) is 11.6 Å². The van der Waals surface area contributed by atoms with Crippen LogP contribution >= 0.6 is 0 Å². The fourth-order valence-electron chi connectivity index (χ4n) is 2.42. The topological polar surface area (TPSA) is 29.0 Å². The molecule has 98 valence electrons. The van der Waals surface area contributed by atoms with E-state index in [2.05, 4.69) is 9.97 Å². The van der Waals surface area contributed by atoms with Gasteiger partial charge in [-0.25, -0.2) is 18.7 Å². The zero-order valence-electron chi connectivity index (χ0n) is 10.3. The van der Waals surface area contributed by atoms with Crippen LogP contribution in [0.5, 0.6) is 0 Å². The predicted molar refractivity (Wildman–Crippen MR) is 68.0 cm³/mol. The van der Waals surface area contributed by atoms with Crippen LogP contribution in [0.3, 0.4) is 0 Å². The summed E-state index contributed by atoms with van der Waals surface area (Å²) in [6.45, 7) is 1.60. The summed E-state index contributed by atoms with van der Waals surface area (Å²) >= 11 is 0. The summed E-state index contributed by atoms with van der Waals surface area (Å²) in [4.78, 5) is 9.99. The first-order valence-corrected chi connectivity index (χ1v) is 6.20. The van der Waals surface area contributed by atoms with E-state index >= 15 is 0 Å². The second kappa shape index (κ2) is 4.91. The van der Waals surface area contributed by atoms with Crippen molar-refractivity contribution in [1.29, 1.82) is 0 Å². The molecule has 0 saturated carbocycles. The number of benzene rings is 1. The maximum atomic E-state index is 12.9. The SMILES string of the molecule is Fc1ccc(C2CCN(c3ncc(F)cn3)C2)cc1. The van der Waals surface area contributed by atoms with E-state index in [-0.39, 0.29) is 5.82 Å². The van der Waals surface area contributed by atoms with Gasteiger partial charge in [0, 0.05) is 19.0 Å². The third-order valence-corrected chi connectivity index (χ3v) is 3.42. The lowest BCUT2D eigenvalue weighted by molar-refractivity contribution is 0.612. The summed E-state index contributed by atoms with van der Waals surface area (Å²) in [5.74, 6) is 0.235. The average Bonchev–Trinajstić information content (AvgIpc) is 2.90. The Balaban J connectivity index is 1.73. The van der Waals surface area contributed by atoms with Crippen molar-refractivity contribution in [3.63, 3.8) is 0 Å². The maximum Gasteiger partial charge on any atom is 0.225 e. The van der Waals surface area contributed by atoms with Gasteiger partial charge in [0.25, 0.3) is 0 Å². The average molecular weight is 261 g/mol. The number of aromatic nitrogens is 2. The highest BCUT2D eigenvalue weighted by Gasteiger charge is 2.25. The second-order valence-corrected chi connectivity index (χ2v) is 4.68. The zero-order chi connectivity index (χ0) is 13.2. The lowest BCUT2D eigenvalue weighted by Gasteiger charge is -2.16. The van der Waals surface area contributed by atoms with Gasteiger partial charge < -0.3 is 4.90 Å². The van der Waals surface area contributed by atoms with Crippen molar-refractivity contribution in [2.75, 3.05) is 18.0 Å². The van der Waals surface area contributed by atoms with Crippen molar-refractivity contribution in [2.24, 2.45) is 0 Å². The van der Waals surface area contributed by atoms with Gasteiger partial charge in [-0.3, -0.25) is 0 Å². The van der Waals surface area contributed by atoms with E-state index in [1.807, 2.05) is 17.0 Å². The molecule has 3 rings (SSSR count). The van der Waals surface area contributed by atoms with Gasteiger partial charge in [0.15, 0.2) is 5.82 Å². The highest BCUT2D eigenvalue weighted by atomic mass is 19.1. The van der Waals surface area contributed by atoms with Crippen LogP contribution in [0.1, 0.15) is 17.9 Å². The number of rotatable bonds is 2. The van der Waals surface area contributed by atoms with Crippen LogP contribution in [-0.2, 0) is 0 Å². The third kappa shape index (κ3) is 2.54. The molecule has 0 aliphatic carbocycles. The fraction of sp³-hybridized carbons (Fsp3) is 0.286. The minimum Gasteiger partial charge on any atom is -0.340 e. The molecule has 0 spiro atoms. The number of anilines is 1. The lowest BCUT2D eigenvalue weighted by Crippen LogP contribution is -2.21. The normalized spacial score (nSPS) is 18.8. The molecule has 1 saturated heterocycles. The van der Waals surface area contributed by atoms with Crippen LogP contribution in [0.25, 0.3) is 0 Å². The molecule has 0 amide bonds. The first-order chi connectivity index (χ1) is 9.22. The largest absolute Gasteiger partial charge is 0.340 e. The Morgan fingerprint density at radius 3 is 2.37 bits per heavy atom. The van der Waals surface area contributed by atoms with Crippen molar-refractivity contribution in [3.05, 3.63) is 53.9 Å². The van der Waals surface area contributed by atoms with Crippen molar-refractivity contribution in [3.8, 4) is 0 Å². The fourth-order valence-corrected chi connectivity index (χ4v) is 2.42. The predicted octanol–water partition coefficient (Wildman–Crippen LogP) is 2.75. The third-order valence-electron chi connectivity index (χ3n) is 3.42. The lowest BCUT2D eigenvalue weighted by atomic mass is 9.99. The monoisotopic (exact) mass is 261 g/mol. The number of nitrogens with zero attached hydrogens (tertiary/aromatic N) is 3. The van der Waals surface area contributed by atoms with Gasteiger partial charge in [0.05, 0.1) is 12.4 Å². The molecule has 0 bridgehead atoms. The molecule has 0 radical (unpaired) electrons. The molecule has 1 aliphatic rings. The summed E-state index contributed by atoms with van der Waals surface area (Å²) in [6.07, 6.45) is 3.31. The van der Waals surface area contributed by atoms with E-state index in [4.69, 9.17) is 0 Å². The standard InChI is InChI=1S/C14H13F2N3/c15-12-3-1-10(2-4-12)11-5-6-19(9-11)14-17-7-13(16)8-18-14/h1-4,7-8,11H,5-6,9H2. The van der Waals surface area contributed by atoms with E-state index < -0.39 is 5.82 Å². The Hall–Kier alpha value is -2.04. The van der Waals surface area contributed by atoms with E-state index in [0.29, 0.717) is 11.9 Å². The first kappa shape index (κ1) is 12.0. The van der Waals surface area contributed by atoms with E-state index in [1.165, 1.54) is 24.5 Å². The van der Waals surface area contributed by atoms with Gasteiger partial charge >= 0.3 is 0 Å². The van der Waals surface area contributed by atoms with E-state index in [9.17, 15) is 8.78 Å². The van der Waals surface area contributed by atoms with Crippen LogP contribution in [-0.4, -0.2) is 23.1 Å². The Kier molecular flexibility index (Phi) is 3.11. The van der Waals surface area contributed by atoms with Crippen molar-refractivity contribution in [2.45, 2.75) is 12.3 Å². The summed E-state index contributed by atoms with van der Waals surface area (Å²) in [6, 6.07) is 6.59. The summed E-state index contributed by atoms with van der Waals surface area (Å²) in [5.41, 5.74) is 1.12. The van der Waals surface area contributed by atoms with Crippen molar-refractivity contribution >= 4 is 5.95 Å². The molecular formula is C14H13F2N3. The zero-order valence-corrected chi connectivity index (χ0v) is 10.3. The van der Waals surface area contributed by atoms with Crippen molar-refractivity contribution < 1.29 is 8.78 Å². The highest BCUT2D eigenvalue weighted by molar-refractivity contribution is 5.34. The molecule has 1 fully saturated rings. The molecule has 5 heteroatoms. The quantitative estimate of drug-likeness (QED) is 0.832. The molecule has 1 aromatic heterocycles. The molecule has 19 heavy (non-hydrogen) atoms. The van der Waals surface area contributed by atoms with E-state index in [1.54, 1.807) is 0 Å². The number of hydrogen-bond donors (Lipinski definition) is 0. The van der Waals surface area contributed by atoms with E-state index in [0.717, 1.165) is 25.1 Å². The smallest absolute Gasteiger partial charge is 0.225 e. The minimum absolute atomic E-state index is 0.222. The highest BCUT2D eigenvalue weighted by Crippen LogP contribution is 2.29. The van der Waals surface area contributed by atoms with Crippen molar-refractivity contribution in [1.82, 2.24) is 9.97 Å². The van der Waals surface area contributed by atoms with Crippen LogP contribution in [0.2, 0.25) is 0 Å². The Morgan fingerprint density at radius 2 is 1.68 bits per heavy atom. The molecule has 1 atom stereocenters. The summed E-state index contributed by atoms with van der Waals surface area (Å²) < 4.78 is 25.7. The van der Waals surface area contributed by atoms with Gasteiger partial charge in [-0.1, -0.05) is 12.1 Å². The van der Waals surface area contributed by atoms with Crippen LogP contribution < -0.4 is 4.90 Å². The van der Waals surface area contributed by atoms with Gasteiger partial charge in [-0.05, 0) is 24.1 Å². The number of halogens is 2. The molecule has 0 N–H and O–H groups in total. The molecule has 1 aliphatic heterocycles. The maximum absolute atomic E-state index is 12.9. The Morgan fingerprint density at radius 1 is 1.00 bits per heavy atom. The van der Waals surface area contributed by atoms with Gasteiger partial charge in [-0.2, -0.15) is 0 Å². The molecule has 1 unspecified atom stereocenters. The van der Waals surface area contributed by atoms with Crippen LogP contribution in [0.15, 0.2) is 36.7 Å². The molecular weight excluding hydrogens is 248 g/mol. The van der Waals surface area contributed by atoms with Gasteiger partial charge in [0.2, 0.25) is 5.95 Å². The Labute approximate surface area is 109 Å². The Bertz CT molecular complexity index is 502. The molecule has 1 aromatic carbocycles. The first-order valence-electron chi connectivity index (χ1n) is 6.20. The molecule has 3 nitrogen and oxygen atoms in total. The summed E-state index contributed by atoms with van der Waals surface area (Å²) in [5, 5.41) is 0. The summed E-state index contributed by atoms with van der Waals surface area (Å²) in [7, 11) is 0. The van der Waals surface area contributed by atoms with Gasteiger partial charge in [0.1, 0.15) is 5.82 Å². The second-order valence-electron chi connectivity index (χ2n) is 4.68. The molecule has 2 heterocycles. The number of hydrogen-bond acceptors (Lipinski definition) is 3. The van der Waals surface area contributed by atoms with Gasteiger partial charge in [-0.15, -0.1) is 0 Å². The van der Waals surface area contributed by atoms with Crippen LogP contribution in [0.4, 0.5) is 14.7 Å². The minimum atomic E-state index is -0.432.